The average molecular weight is 332 g/mol. The fourth-order valence-electron chi connectivity index (χ4n) is 2.85. The third-order valence-electron chi connectivity index (χ3n) is 4.05. The average Bonchev–Trinajstić information content (AvgIpc) is 2.99. The molecule has 1 N–H and O–H groups in total. The first-order valence-corrected chi connectivity index (χ1v) is 8.40. The van der Waals surface area contributed by atoms with E-state index in [2.05, 4.69) is 4.98 Å². The second kappa shape index (κ2) is 6.29. The van der Waals surface area contributed by atoms with E-state index in [9.17, 15) is 9.90 Å². The maximum absolute atomic E-state index is 12.1. The molecule has 122 valence electrons. The van der Waals surface area contributed by atoms with Gasteiger partial charge in [0.15, 0.2) is 0 Å². The van der Waals surface area contributed by atoms with E-state index in [1.54, 1.807) is 0 Å². The van der Waals surface area contributed by atoms with E-state index >= 15 is 0 Å². The van der Waals surface area contributed by atoms with Crippen LogP contribution in [0.25, 0.3) is 10.6 Å². The number of aliphatic hydroxyl groups is 1. The molecule has 1 aliphatic carbocycles. The molecule has 6 heteroatoms. The van der Waals surface area contributed by atoms with E-state index in [1.807, 2.05) is 37.2 Å². The molecule has 2 aromatic rings. The van der Waals surface area contributed by atoms with Crippen molar-refractivity contribution in [2.24, 2.45) is 0 Å². The molecule has 1 aromatic carbocycles. The SMILES string of the molecule is COC(=O)c1cc(-c2nc3c(s2)C(O)CCC3)ccc1N(C)C. The van der Waals surface area contributed by atoms with Gasteiger partial charge in [0.25, 0.3) is 0 Å². The van der Waals surface area contributed by atoms with Crippen LogP contribution in [0, 0.1) is 0 Å². The van der Waals surface area contributed by atoms with Gasteiger partial charge in [-0.15, -0.1) is 11.3 Å². The summed E-state index contributed by atoms with van der Waals surface area (Å²) in [5.41, 5.74) is 3.19. The second-order valence-electron chi connectivity index (χ2n) is 5.86. The predicted molar refractivity (Wildman–Crippen MR) is 91.1 cm³/mol. The lowest BCUT2D eigenvalue weighted by molar-refractivity contribution is 0.0601. The molecular formula is C17H20N2O3S. The summed E-state index contributed by atoms with van der Waals surface area (Å²) in [6, 6.07) is 5.68. The molecule has 5 nitrogen and oxygen atoms in total. The van der Waals surface area contributed by atoms with Gasteiger partial charge < -0.3 is 14.7 Å². The van der Waals surface area contributed by atoms with Crippen molar-refractivity contribution in [1.29, 1.82) is 0 Å². The maximum atomic E-state index is 12.1. The molecule has 0 saturated heterocycles. The summed E-state index contributed by atoms with van der Waals surface area (Å²) < 4.78 is 4.89. The fraction of sp³-hybridized carbons (Fsp3) is 0.412. The number of aliphatic hydroxyl groups excluding tert-OH is 1. The van der Waals surface area contributed by atoms with Crippen LogP contribution in [0.1, 0.15) is 39.9 Å². The molecule has 1 atom stereocenters. The minimum absolute atomic E-state index is 0.364. The van der Waals surface area contributed by atoms with Gasteiger partial charge in [0, 0.05) is 19.7 Å². The third kappa shape index (κ3) is 2.96. The van der Waals surface area contributed by atoms with Crippen molar-refractivity contribution in [2.45, 2.75) is 25.4 Å². The number of hydrogen-bond donors (Lipinski definition) is 1. The van der Waals surface area contributed by atoms with Crippen molar-refractivity contribution < 1.29 is 14.6 Å². The molecular weight excluding hydrogens is 312 g/mol. The minimum atomic E-state index is -0.411. The highest BCUT2D eigenvalue weighted by Crippen LogP contribution is 2.38. The first-order chi connectivity index (χ1) is 11.0. The van der Waals surface area contributed by atoms with Crippen molar-refractivity contribution in [3.63, 3.8) is 0 Å². The van der Waals surface area contributed by atoms with Gasteiger partial charge >= 0.3 is 5.97 Å². The van der Waals surface area contributed by atoms with Crippen LogP contribution in [0.5, 0.6) is 0 Å². The number of thiazole rings is 1. The number of esters is 1. The van der Waals surface area contributed by atoms with Crippen molar-refractivity contribution in [1.82, 2.24) is 4.98 Å². The number of anilines is 1. The lowest BCUT2D eigenvalue weighted by atomic mass is 10.0. The van der Waals surface area contributed by atoms with E-state index in [1.165, 1.54) is 18.4 Å². The molecule has 0 bridgehead atoms. The second-order valence-corrected chi connectivity index (χ2v) is 6.89. The summed E-state index contributed by atoms with van der Waals surface area (Å²) >= 11 is 1.51. The zero-order chi connectivity index (χ0) is 16.6. The minimum Gasteiger partial charge on any atom is -0.465 e. The van der Waals surface area contributed by atoms with Gasteiger partial charge in [0.1, 0.15) is 5.01 Å². The van der Waals surface area contributed by atoms with Gasteiger partial charge in [-0.1, -0.05) is 0 Å². The molecule has 0 aliphatic heterocycles. The van der Waals surface area contributed by atoms with Gasteiger partial charge in [0.2, 0.25) is 0 Å². The summed E-state index contributed by atoms with van der Waals surface area (Å²) in [4.78, 5) is 19.6. The van der Waals surface area contributed by atoms with Gasteiger partial charge in [-0.25, -0.2) is 9.78 Å². The monoisotopic (exact) mass is 332 g/mol. The van der Waals surface area contributed by atoms with Crippen LogP contribution in [-0.4, -0.2) is 37.3 Å². The number of fused-ring (bicyclic) bond motifs is 1. The van der Waals surface area contributed by atoms with E-state index in [4.69, 9.17) is 4.74 Å². The van der Waals surface area contributed by atoms with Crippen LogP contribution in [0.15, 0.2) is 18.2 Å². The molecule has 0 radical (unpaired) electrons. The Morgan fingerprint density at radius 1 is 1.43 bits per heavy atom. The molecule has 1 aliphatic rings. The van der Waals surface area contributed by atoms with Crippen LogP contribution < -0.4 is 4.90 Å². The summed E-state index contributed by atoms with van der Waals surface area (Å²) in [6.45, 7) is 0. The molecule has 0 saturated carbocycles. The summed E-state index contributed by atoms with van der Waals surface area (Å²) in [5, 5.41) is 10.9. The highest BCUT2D eigenvalue weighted by atomic mass is 32.1. The number of nitrogens with zero attached hydrogens (tertiary/aromatic N) is 2. The van der Waals surface area contributed by atoms with E-state index in [0.29, 0.717) is 5.56 Å². The Kier molecular flexibility index (Phi) is 4.37. The lowest BCUT2D eigenvalue weighted by Gasteiger charge is -2.16. The molecule has 1 aromatic heterocycles. The Hall–Kier alpha value is -1.92. The van der Waals surface area contributed by atoms with Gasteiger partial charge in [0.05, 0.1) is 35.0 Å². The molecule has 1 heterocycles. The van der Waals surface area contributed by atoms with E-state index in [-0.39, 0.29) is 5.97 Å². The topological polar surface area (TPSA) is 62.7 Å². The standard InChI is InChI=1S/C17H20N2O3S/c1-19(2)13-8-7-10(9-11(13)17(21)22-3)16-18-12-5-4-6-14(20)15(12)23-16/h7-9,14,20H,4-6H2,1-3H3. The fourth-order valence-corrected chi connectivity index (χ4v) is 3.98. The van der Waals surface area contributed by atoms with Crippen molar-refractivity contribution in [3.05, 3.63) is 34.3 Å². The molecule has 3 rings (SSSR count). The van der Waals surface area contributed by atoms with Crippen LogP contribution in [0.4, 0.5) is 5.69 Å². The number of benzene rings is 1. The number of aromatic nitrogens is 1. The Bertz CT molecular complexity index is 739. The summed E-state index contributed by atoms with van der Waals surface area (Å²) in [5.74, 6) is -0.364. The Labute approximate surface area is 139 Å². The van der Waals surface area contributed by atoms with Crippen molar-refractivity contribution in [3.8, 4) is 10.6 Å². The van der Waals surface area contributed by atoms with E-state index in [0.717, 1.165) is 46.1 Å². The van der Waals surface area contributed by atoms with Gasteiger partial charge in [-0.2, -0.15) is 0 Å². The normalized spacial score (nSPS) is 16.8. The Balaban J connectivity index is 2.05. The molecule has 23 heavy (non-hydrogen) atoms. The third-order valence-corrected chi connectivity index (χ3v) is 5.30. The van der Waals surface area contributed by atoms with Crippen molar-refractivity contribution >= 4 is 23.0 Å². The number of methoxy groups -OCH3 is 1. The van der Waals surface area contributed by atoms with Gasteiger partial charge in [-0.05, 0) is 37.5 Å². The Morgan fingerprint density at radius 3 is 2.87 bits per heavy atom. The number of carbonyl (C=O) groups is 1. The van der Waals surface area contributed by atoms with Crippen molar-refractivity contribution in [2.75, 3.05) is 26.1 Å². The number of hydrogen-bond acceptors (Lipinski definition) is 6. The smallest absolute Gasteiger partial charge is 0.339 e. The number of carbonyl (C=O) groups excluding carboxylic acids is 1. The highest BCUT2D eigenvalue weighted by molar-refractivity contribution is 7.15. The highest BCUT2D eigenvalue weighted by Gasteiger charge is 2.24. The molecule has 1 unspecified atom stereocenters. The Morgan fingerprint density at radius 2 is 2.22 bits per heavy atom. The summed E-state index contributed by atoms with van der Waals surface area (Å²) in [7, 11) is 5.16. The van der Waals surface area contributed by atoms with Crippen LogP contribution >= 0.6 is 11.3 Å². The van der Waals surface area contributed by atoms with Crippen LogP contribution in [0.2, 0.25) is 0 Å². The first kappa shape index (κ1) is 16.0. The van der Waals surface area contributed by atoms with Gasteiger partial charge in [-0.3, -0.25) is 0 Å². The largest absolute Gasteiger partial charge is 0.465 e. The molecule has 0 fully saturated rings. The zero-order valence-corrected chi connectivity index (χ0v) is 14.3. The predicted octanol–water partition coefficient (Wildman–Crippen LogP) is 3.03. The quantitative estimate of drug-likeness (QED) is 0.875. The van der Waals surface area contributed by atoms with E-state index < -0.39 is 6.10 Å². The molecule has 0 amide bonds. The summed E-state index contributed by atoms with van der Waals surface area (Å²) in [6.07, 6.45) is 2.25. The lowest BCUT2D eigenvalue weighted by Crippen LogP contribution is -2.14. The first-order valence-electron chi connectivity index (χ1n) is 7.59. The number of rotatable bonds is 3. The molecule has 0 spiro atoms. The van der Waals surface area contributed by atoms with Crippen LogP contribution in [-0.2, 0) is 11.2 Å². The number of ether oxygens (including phenoxy) is 1. The van der Waals surface area contributed by atoms with Crippen LogP contribution in [0.3, 0.4) is 0 Å². The maximum Gasteiger partial charge on any atom is 0.339 e. The zero-order valence-electron chi connectivity index (χ0n) is 13.5. The number of aryl methyl sites for hydroxylation is 1.